The van der Waals surface area contributed by atoms with Crippen LogP contribution in [0.3, 0.4) is 0 Å². The quantitative estimate of drug-likeness (QED) is 0.747. The SMILES string of the molecule is CC(C)NC(=O)N(CC(=O)OC(C)C)C(=O)Nc1cc(Cl)cc(Cl)c1. The van der Waals surface area contributed by atoms with E-state index >= 15 is 0 Å². The number of amides is 4. The van der Waals surface area contributed by atoms with Crippen LogP contribution in [-0.4, -0.2) is 41.6 Å². The summed E-state index contributed by atoms with van der Waals surface area (Å²) in [5, 5.41) is 5.68. The van der Waals surface area contributed by atoms with Crippen LogP contribution in [0.15, 0.2) is 18.2 Å². The van der Waals surface area contributed by atoms with E-state index in [1.165, 1.54) is 18.2 Å². The Bertz CT molecular complexity index is 630. The summed E-state index contributed by atoms with van der Waals surface area (Å²) in [5.74, 6) is -0.701. The van der Waals surface area contributed by atoms with Gasteiger partial charge in [-0.05, 0) is 45.9 Å². The predicted molar refractivity (Wildman–Crippen MR) is 97.1 cm³/mol. The number of nitrogens with one attached hydrogen (secondary N) is 2. The molecule has 0 aliphatic heterocycles. The molecule has 7 nitrogen and oxygen atoms in total. The van der Waals surface area contributed by atoms with Crippen molar-refractivity contribution < 1.29 is 19.1 Å². The number of hydrogen-bond acceptors (Lipinski definition) is 4. The Balaban J connectivity index is 2.94. The lowest BCUT2D eigenvalue weighted by atomic mass is 10.3. The Labute approximate surface area is 156 Å². The third-order valence-corrected chi connectivity index (χ3v) is 3.11. The van der Waals surface area contributed by atoms with E-state index in [0.29, 0.717) is 15.7 Å². The van der Waals surface area contributed by atoms with Gasteiger partial charge in [-0.3, -0.25) is 4.79 Å². The van der Waals surface area contributed by atoms with Gasteiger partial charge in [0, 0.05) is 21.8 Å². The number of imide groups is 1. The number of esters is 1. The molecule has 2 N–H and O–H groups in total. The van der Waals surface area contributed by atoms with Crippen LogP contribution >= 0.6 is 23.2 Å². The molecule has 0 saturated carbocycles. The number of ether oxygens (including phenoxy) is 1. The van der Waals surface area contributed by atoms with Crippen molar-refractivity contribution in [1.82, 2.24) is 10.2 Å². The zero-order valence-corrected chi connectivity index (χ0v) is 15.9. The summed E-state index contributed by atoms with van der Waals surface area (Å²) in [6.45, 7) is 6.28. The van der Waals surface area contributed by atoms with Gasteiger partial charge in [0.2, 0.25) is 0 Å². The molecule has 1 rings (SSSR count). The van der Waals surface area contributed by atoms with Crippen LogP contribution in [-0.2, 0) is 9.53 Å². The van der Waals surface area contributed by atoms with Gasteiger partial charge in [-0.2, -0.15) is 0 Å². The molecule has 25 heavy (non-hydrogen) atoms. The third kappa shape index (κ3) is 7.62. The molecule has 0 aromatic heterocycles. The zero-order chi connectivity index (χ0) is 19.1. The van der Waals surface area contributed by atoms with Crippen molar-refractivity contribution in [2.45, 2.75) is 39.8 Å². The molecule has 0 aliphatic rings. The van der Waals surface area contributed by atoms with Crippen molar-refractivity contribution in [3.63, 3.8) is 0 Å². The molecule has 0 heterocycles. The van der Waals surface area contributed by atoms with Gasteiger partial charge in [-0.15, -0.1) is 0 Å². The zero-order valence-electron chi connectivity index (χ0n) is 14.4. The smallest absolute Gasteiger partial charge is 0.330 e. The monoisotopic (exact) mass is 389 g/mol. The second-order valence-electron chi connectivity index (χ2n) is 5.82. The van der Waals surface area contributed by atoms with Crippen molar-refractivity contribution in [3.8, 4) is 0 Å². The van der Waals surface area contributed by atoms with E-state index in [-0.39, 0.29) is 12.1 Å². The Hall–Kier alpha value is -1.99. The van der Waals surface area contributed by atoms with E-state index in [0.717, 1.165) is 4.90 Å². The Kier molecular flexibility index (Phi) is 7.99. The van der Waals surface area contributed by atoms with Gasteiger partial charge in [0.25, 0.3) is 0 Å². The first-order valence-corrected chi connectivity index (χ1v) is 8.38. The van der Waals surface area contributed by atoms with Gasteiger partial charge >= 0.3 is 18.0 Å². The molecule has 4 amide bonds. The number of nitrogens with zero attached hydrogens (tertiary/aromatic N) is 1. The highest BCUT2D eigenvalue weighted by Crippen LogP contribution is 2.22. The van der Waals surface area contributed by atoms with Crippen LogP contribution in [0.5, 0.6) is 0 Å². The molecule has 0 atom stereocenters. The molecule has 0 spiro atoms. The van der Waals surface area contributed by atoms with Crippen LogP contribution in [0.25, 0.3) is 0 Å². The summed E-state index contributed by atoms with van der Waals surface area (Å²) in [7, 11) is 0. The summed E-state index contributed by atoms with van der Waals surface area (Å²) in [6.07, 6.45) is -0.364. The predicted octanol–water partition coefficient (Wildman–Crippen LogP) is 3.90. The largest absolute Gasteiger partial charge is 0.462 e. The number of benzene rings is 1. The maximum absolute atomic E-state index is 12.4. The van der Waals surface area contributed by atoms with Crippen LogP contribution < -0.4 is 10.6 Å². The molecule has 0 saturated heterocycles. The van der Waals surface area contributed by atoms with Crippen LogP contribution in [0.4, 0.5) is 15.3 Å². The molecule has 1 aromatic carbocycles. The highest BCUT2D eigenvalue weighted by Gasteiger charge is 2.26. The number of rotatable bonds is 5. The molecular formula is C16H21Cl2N3O4. The topological polar surface area (TPSA) is 87.7 Å². The van der Waals surface area contributed by atoms with E-state index in [4.69, 9.17) is 27.9 Å². The molecule has 138 valence electrons. The Morgan fingerprint density at radius 1 is 1.04 bits per heavy atom. The van der Waals surface area contributed by atoms with Gasteiger partial charge in [0.1, 0.15) is 6.54 Å². The summed E-state index contributed by atoms with van der Waals surface area (Å²) < 4.78 is 4.99. The molecule has 9 heteroatoms. The standard InChI is InChI=1S/C16H21Cl2N3O4/c1-9(2)19-15(23)21(8-14(22)25-10(3)4)16(24)20-13-6-11(17)5-12(18)7-13/h5-7,9-10H,8H2,1-4H3,(H,19,23)(H,20,24). The lowest BCUT2D eigenvalue weighted by Crippen LogP contribution is -2.50. The average Bonchev–Trinajstić information content (AvgIpc) is 2.41. The molecule has 1 aromatic rings. The van der Waals surface area contributed by atoms with E-state index in [2.05, 4.69) is 10.6 Å². The van der Waals surface area contributed by atoms with Gasteiger partial charge in [0.15, 0.2) is 0 Å². The fourth-order valence-corrected chi connectivity index (χ4v) is 2.33. The minimum absolute atomic E-state index is 0.218. The minimum atomic E-state index is -0.808. The van der Waals surface area contributed by atoms with E-state index < -0.39 is 24.6 Å². The van der Waals surface area contributed by atoms with E-state index in [1.54, 1.807) is 27.7 Å². The Morgan fingerprint density at radius 3 is 2.08 bits per heavy atom. The number of carbonyl (C=O) groups excluding carboxylic acids is 3. The summed E-state index contributed by atoms with van der Waals surface area (Å²) in [5.41, 5.74) is 0.294. The number of carbonyl (C=O) groups is 3. The second kappa shape index (κ2) is 9.48. The molecule has 0 aliphatic carbocycles. The third-order valence-electron chi connectivity index (χ3n) is 2.67. The van der Waals surface area contributed by atoms with Crippen LogP contribution in [0.2, 0.25) is 10.0 Å². The molecule has 0 unspecified atom stereocenters. The van der Waals surface area contributed by atoms with Crippen LogP contribution in [0.1, 0.15) is 27.7 Å². The van der Waals surface area contributed by atoms with Crippen molar-refractivity contribution in [1.29, 1.82) is 0 Å². The lowest BCUT2D eigenvalue weighted by molar-refractivity contribution is -0.147. The highest BCUT2D eigenvalue weighted by molar-refractivity contribution is 6.35. The van der Waals surface area contributed by atoms with Gasteiger partial charge in [0.05, 0.1) is 6.10 Å². The highest BCUT2D eigenvalue weighted by atomic mass is 35.5. The molecule has 0 bridgehead atoms. The van der Waals surface area contributed by atoms with E-state index in [9.17, 15) is 14.4 Å². The van der Waals surface area contributed by atoms with Crippen molar-refractivity contribution in [2.24, 2.45) is 0 Å². The first-order chi connectivity index (χ1) is 11.6. The number of hydrogen-bond donors (Lipinski definition) is 2. The van der Waals surface area contributed by atoms with E-state index in [1.807, 2.05) is 0 Å². The van der Waals surface area contributed by atoms with Crippen molar-refractivity contribution in [2.75, 3.05) is 11.9 Å². The minimum Gasteiger partial charge on any atom is -0.462 e. The van der Waals surface area contributed by atoms with Crippen molar-refractivity contribution in [3.05, 3.63) is 28.2 Å². The van der Waals surface area contributed by atoms with Crippen molar-refractivity contribution >= 4 is 46.9 Å². The van der Waals surface area contributed by atoms with Gasteiger partial charge in [-0.25, -0.2) is 14.5 Å². The number of anilines is 1. The summed E-state index contributed by atoms with van der Waals surface area (Å²) in [6, 6.07) is 2.69. The maximum atomic E-state index is 12.4. The molecular weight excluding hydrogens is 369 g/mol. The number of urea groups is 2. The lowest BCUT2D eigenvalue weighted by Gasteiger charge is -2.22. The summed E-state index contributed by atoms with van der Waals surface area (Å²) in [4.78, 5) is 37.2. The fourth-order valence-electron chi connectivity index (χ4n) is 1.81. The van der Waals surface area contributed by atoms with Crippen LogP contribution in [0, 0.1) is 0 Å². The fraction of sp³-hybridized carbons (Fsp3) is 0.438. The first kappa shape index (κ1) is 21.1. The normalized spacial score (nSPS) is 10.6. The number of halogens is 2. The molecule has 0 radical (unpaired) electrons. The summed E-state index contributed by atoms with van der Waals surface area (Å²) >= 11 is 11.8. The average molecular weight is 390 g/mol. The first-order valence-electron chi connectivity index (χ1n) is 7.63. The Morgan fingerprint density at radius 2 is 1.60 bits per heavy atom. The van der Waals surface area contributed by atoms with Gasteiger partial charge in [-0.1, -0.05) is 23.2 Å². The van der Waals surface area contributed by atoms with Gasteiger partial charge < -0.3 is 15.4 Å². The second-order valence-corrected chi connectivity index (χ2v) is 6.69. The maximum Gasteiger partial charge on any atom is 0.330 e. The molecule has 0 fully saturated rings.